The van der Waals surface area contributed by atoms with Crippen molar-refractivity contribution in [3.63, 3.8) is 0 Å². The van der Waals surface area contributed by atoms with Crippen LogP contribution in [0.2, 0.25) is 0 Å². The lowest BCUT2D eigenvalue weighted by Crippen LogP contribution is -2.29. The lowest BCUT2D eigenvalue weighted by molar-refractivity contribution is -0.161. The van der Waals surface area contributed by atoms with Gasteiger partial charge < -0.3 is 24.4 Å². The topological polar surface area (TPSA) is 140 Å². The summed E-state index contributed by atoms with van der Waals surface area (Å²) in [5, 5.41) is 9.25. The molecule has 0 heterocycles. The van der Waals surface area contributed by atoms with E-state index in [-0.39, 0.29) is 25.6 Å². The van der Waals surface area contributed by atoms with Crippen molar-refractivity contribution >= 4 is 19.8 Å². The van der Waals surface area contributed by atoms with Gasteiger partial charge in [0, 0.05) is 12.8 Å². The van der Waals surface area contributed by atoms with Crippen LogP contribution >= 0.6 is 7.82 Å². The highest BCUT2D eigenvalue weighted by atomic mass is 31.2. The van der Waals surface area contributed by atoms with Crippen molar-refractivity contribution < 1.29 is 43.0 Å². The molecule has 0 saturated heterocycles. The number of esters is 2. The molecule has 3 N–H and O–H groups in total. The van der Waals surface area contributed by atoms with E-state index in [1.165, 1.54) is 25.7 Å². The number of carbonyl (C=O) groups excluding carboxylic acids is 2. The van der Waals surface area contributed by atoms with Crippen molar-refractivity contribution in [3.05, 3.63) is 97.2 Å². The highest BCUT2D eigenvalue weighted by molar-refractivity contribution is 7.46. The quantitative estimate of drug-likeness (QED) is 0.0245. The SMILES string of the molecule is CCCCC/C=C\C/C=C\C/C=C\C/C=C\CCCCCC(=O)OC[C@H](COP(=O)(O)O)OC(=O)CCC/C=C\C/C=C\C/C=C\C/C=C\CCC[C@H](C)O. The number of ether oxygens (including phenoxy) is 2. The van der Waals surface area contributed by atoms with Crippen LogP contribution in [0, 0.1) is 0 Å². The third-order valence-corrected chi connectivity index (χ3v) is 8.58. The molecule has 0 aromatic carbocycles. The van der Waals surface area contributed by atoms with E-state index in [1.807, 2.05) is 19.1 Å². The van der Waals surface area contributed by atoms with Gasteiger partial charge in [-0.1, -0.05) is 123 Å². The van der Waals surface area contributed by atoms with Crippen molar-refractivity contribution in [2.45, 2.75) is 161 Å². The van der Waals surface area contributed by atoms with Crippen LogP contribution in [0.15, 0.2) is 97.2 Å². The lowest BCUT2D eigenvalue weighted by Gasteiger charge is -2.18. The minimum absolute atomic E-state index is 0.111. The molecular formula is C45H73O9P. The Hall–Kier alpha value is -3.07. The summed E-state index contributed by atoms with van der Waals surface area (Å²) < 4.78 is 26.3. The third-order valence-electron chi connectivity index (χ3n) is 8.09. The summed E-state index contributed by atoms with van der Waals surface area (Å²) in [6, 6.07) is 0. The number of phosphoric ester groups is 1. The molecule has 0 aromatic heterocycles. The summed E-state index contributed by atoms with van der Waals surface area (Å²) >= 11 is 0. The Morgan fingerprint density at radius 2 is 0.964 bits per heavy atom. The van der Waals surface area contributed by atoms with Crippen LogP contribution in [0.3, 0.4) is 0 Å². The van der Waals surface area contributed by atoms with Gasteiger partial charge in [-0.05, 0) is 110 Å². The van der Waals surface area contributed by atoms with Crippen molar-refractivity contribution in [3.8, 4) is 0 Å². The Morgan fingerprint density at radius 3 is 1.42 bits per heavy atom. The molecule has 0 spiro atoms. The van der Waals surface area contributed by atoms with Crippen LogP contribution in [0.5, 0.6) is 0 Å². The number of phosphoric acid groups is 1. The first-order valence-electron chi connectivity index (χ1n) is 20.6. The zero-order chi connectivity index (χ0) is 40.5. The summed E-state index contributed by atoms with van der Waals surface area (Å²) in [6.07, 6.45) is 51.2. The number of hydrogen-bond donors (Lipinski definition) is 3. The third kappa shape index (κ3) is 43.5. The van der Waals surface area contributed by atoms with E-state index in [1.54, 1.807) is 0 Å². The molecule has 0 rings (SSSR count). The second-order valence-corrected chi connectivity index (χ2v) is 14.8. The Bertz CT molecular complexity index is 1220. The number of hydrogen-bond acceptors (Lipinski definition) is 7. The zero-order valence-electron chi connectivity index (χ0n) is 33.9. The summed E-state index contributed by atoms with van der Waals surface area (Å²) in [5.74, 6) is -1.01. The predicted molar refractivity (Wildman–Crippen MR) is 226 cm³/mol. The molecule has 0 aliphatic carbocycles. The molecule has 55 heavy (non-hydrogen) atoms. The monoisotopic (exact) mass is 788 g/mol. The standard InChI is InChI=1S/C45H73O9P/c1-3-4-5-6-7-8-9-10-11-12-13-14-17-20-23-26-29-32-35-38-44(47)52-40-43(41-53-55(49,50)51)54-45(48)39-36-33-30-27-24-21-18-15-16-19-22-25-28-31-34-37-42(2)46/h7-8,10-11,13-14,16,18-21,23,25,27-28,30,42-43,46H,3-6,9,12,15,17,22,24,26,29,31-41H2,1-2H3,(H2,49,50,51)/b8-7-,11-10-,14-13-,19-16-,21-18-,23-20-,28-25-,30-27-/t42-,43+/m0/s1. The van der Waals surface area contributed by atoms with Gasteiger partial charge in [-0.25, -0.2) is 4.57 Å². The van der Waals surface area contributed by atoms with Crippen molar-refractivity contribution in [1.82, 2.24) is 0 Å². The molecule has 10 heteroatoms. The van der Waals surface area contributed by atoms with E-state index in [0.717, 1.165) is 77.0 Å². The maximum absolute atomic E-state index is 12.4. The molecule has 0 aliphatic heterocycles. The summed E-state index contributed by atoms with van der Waals surface area (Å²) in [5.41, 5.74) is 0. The highest BCUT2D eigenvalue weighted by Crippen LogP contribution is 2.36. The maximum Gasteiger partial charge on any atom is 0.469 e. The van der Waals surface area contributed by atoms with E-state index in [4.69, 9.17) is 19.3 Å². The smallest absolute Gasteiger partial charge is 0.462 e. The number of rotatable bonds is 36. The Labute approximate surface area is 333 Å². The van der Waals surface area contributed by atoms with Gasteiger partial charge >= 0.3 is 19.8 Å². The first-order chi connectivity index (χ1) is 26.6. The molecule has 0 saturated carbocycles. The molecule has 0 radical (unpaired) electrons. The second-order valence-electron chi connectivity index (χ2n) is 13.5. The fourth-order valence-electron chi connectivity index (χ4n) is 5.01. The minimum Gasteiger partial charge on any atom is -0.462 e. The highest BCUT2D eigenvalue weighted by Gasteiger charge is 2.22. The van der Waals surface area contributed by atoms with Crippen LogP contribution < -0.4 is 0 Å². The Morgan fingerprint density at radius 1 is 0.545 bits per heavy atom. The van der Waals surface area contributed by atoms with Gasteiger partial charge in [0.2, 0.25) is 0 Å². The number of aliphatic hydroxyl groups is 1. The molecule has 0 unspecified atom stereocenters. The fraction of sp³-hybridized carbons (Fsp3) is 0.600. The average Bonchev–Trinajstić information content (AvgIpc) is 3.14. The number of allylic oxidation sites excluding steroid dienone is 16. The maximum atomic E-state index is 12.4. The van der Waals surface area contributed by atoms with E-state index < -0.39 is 32.5 Å². The fourth-order valence-corrected chi connectivity index (χ4v) is 5.37. The molecule has 0 amide bonds. The van der Waals surface area contributed by atoms with Gasteiger partial charge in [-0.2, -0.15) is 0 Å². The zero-order valence-corrected chi connectivity index (χ0v) is 34.8. The van der Waals surface area contributed by atoms with Gasteiger partial charge in [0.05, 0.1) is 12.7 Å². The van der Waals surface area contributed by atoms with Gasteiger partial charge in [-0.15, -0.1) is 0 Å². The van der Waals surface area contributed by atoms with E-state index in [2.05, 4.69) is 96.5 Å². The van der Waals surface area contributed by atoms with Gasteiger partial charge in [-0.3, -0.25) is 14.1 Å². The summed E-state index contributed by atoms with van der Waals surface area (Å²) in [7, 11) is -4.79. The number of unbranched alkanes of at least 4 members (excludes halogenated alkanes) is 8. The second kappa shape index (κ2) is 39.2. The van der Waals surface area contributed by atoms with Crippen molar-refractivity contribution in [2.24, 2.45) is 0 Å². The normalized spacial score (nSPS) is 14.1. The summed E-state index contributed by atoms with van der Waals surface area (Å²) in [6.45, 7) is 3.12. The first-order valence-corrected chi connectivity index (χ1v) is 22.1. The van der Waals surface area contributed by atoms with Crippen LogP contribution in [0.1, 0.15) is 149 Å². The number of carbonyl (C=O) groups is 2. The Kier molecular flexibility index (Phi) is 37.0. The molecule has 0 aromatic rings. The van der Waals surface area contributed by atoms with E-state index in [0.29, 0.717) is 19.3 Å². The average molecular weight is 789 g/mol. The van der Waals surface area contributed by atoms with Crippen LogP contribution in [-0.2, 0) is 28.2 Å². The van der Waals surface area contributed by atoms with Crippen molar-refractivity contribution in [1.29, 1.82) is 0 Å². The molecular weight excluding hydrogens is 715 g/mol. The molecule has 9 nitrogen and oxygen atoms in total. The summed E-state index contributed by atoms with van der Waals surface area (Å²) in [4.78, 5) is 42.8. The molecule has 0 aliphatic rings. The van der Waals surface area contributed by atoms with Crippen LogP contribution in [0.4, 0.5) is 0 Å². The molecule has 0 bridgehead atoms. The van der Waals surface area contributed by atoms with Gasteiger partial charge in [0.15, 0.2) is 6.10 Å². The van der Waals surface area contributed by atoms with Gasteiger partial charge in [0.25, 0.3) is 0 Å². The Balaban J connectivity index is 4.12. The predicted octanol–water partition coefficient (Wildman–Crippen LogP) is 11.6. The molecule has 0 fully saturated rings. The molecule has 2 atom stereocenters. The van der Waals surface area contributed by atoms with Crippen molar-refractivity contribution in [2.75, 3.05) is 13.2 Å². The minimum atomic E-state index is -4.79. The van der Waals surface area contributed by atoms with Crippen LogP contribution in [-0.4, -0.2) is 52.3 Å². The number of aliphatic hydroxyl groups excluding tert-OH is 1. The first kappa shape index (κ1) is 51.9. The molecule has 312 valence electrons. The lowest BCUT2D eigenvalue weighted by atomic mass is 10.1. The van der Waals surface area contributed by atoms with E-state index in [9.17, 15) is 19.3 Å². The largest absolute Gasteiger partial charge is 0.469 e. The van der Waals surface area contributed by atoms with Gasteiger partial charge in [0.1, 0.15) is 6.61 Å². The van der Waals surface area contributed by atoms with Crippen LogP contribution in [0.25, 0.3) is 0 Å². The van der Waals surface area contributed by atoms with E-state index >= 15 is 0 Å².